The van der Waals surface area contributed by atoms with E-state index in [1.54, 1.807) is 24.7 Å². The lowest BCUT2D eigenvalue weighted by Gasteiger charge is -2.10. The van der Waals surface area contributed by atoms with Crippen LogP contribution in [0.2, 0.25) is 0 Å². The maximum Gasteiger partial charge on any atom is 0.270 e. The molecule has 2 N–H and O–H groups in total. The number of amides is 1. The zero-order valence-corrected chi connectivity index (χ0v) is 14.2. The highest BCUT2D eigenvalue weighted by Gasteiger charge is 2.09. The summed E-state index contributed by atoms with van der Waals surface area (Å²) in [7, 11) is 0. The lowest BCUT2D eigenvalue weighted by atomic mass is 10.1. The first-order chi connectivity index (χ1) is 12.1. The summed E-state index contributed by atoms with van der Waals surface area (Å²) in [6, 6.07) is 11.4. The van der Waals surface area contributed by atoms with Gasteiger partial charge in [0.05, 0.1) is 0 Å². The number of rotatable bonds is 5. The highest BCUT2D eigenvalue weighted by atomic mass is 16.1. The van der Waals surface area contributed by atoms with Crippen molar-refractivity contribution in [2.45, 2.75) is 20.4 Å². The third-order valence-corrected chi connectivity index (χ3v) is 3.72. The number of hydrogen-bond donors (Lipinski definition) is 2. The van der Waals surface area contributed by atoms with Crippen LogP contribution in [0.25, 0.3) is 0 Å². The molecule has 0 unspecified atom stereocenters. The van der Waals surface area contributed by atoms with Crippen molar-refractivity contribution in [3.8, 4) is 0 Å². The van der Waals surface area contributed by atoms with Crippen LogP contribution < -0.4 is 10.6 Å². The molecule has 126 valence electrons. The third-order valence-electron chi connectivity index (χ3n) is 3.72. The molecule has 0 saturated carbocycles. The molecular formula is C19H19N5O. The van der Waals surface area contributed by atoms with Crippen LogP contribution in [0.5, 0.6) is 0 Å². The minimum atomic E-state index is -0.247. The first kappa shape index (κ1) is 16.6. The highest BCUT2D eigenvalue weighted by Crippen LogP contribution is 2.19. The van der Waals surface area contributed by atoms with Gasteiger partial charge in [-0.15, -0.1) is 0 Å². The molecule has 0 aliphatic carbocycles. The van der Waals surface area contributed by atoms with Gasteiger partial charge in [-0.3, -0.25) is 9.78 Å². The number of carbonyl (C=O) groups is 1. The van der Waals surface area contributed by atoms with Gasteiger partial charge in [0.1, 0.15) is 5.69 Å². The largest absolute Gasteiger partial charge is 0.347 e. The number of aromatic nitrogens is 3. The molecule has 6 heteroatoms. The van der Waals surface area contributed by atoms with Crippen LogP contribution in [0.1, 0.15) is 27.2 Å². The number of hydrogen-bond acceptors (Lipinski definition) is 5. The Morgan fingerprint density at radius 2 is 1.84 bits per heavy atom. The molecule has 2 aromatic heterocycles. The number of anilines is 2. The number of nitrogens with one attached hydrogen (secondary N) is 2. The monoisotopic (exact) mass is 333 g/mol. The van der Waals surface area contributed by atoms with Gasteiger partial charge in [-0.25, -0.2) is 9.97 Å². The minimum absolute atomic E-state index is 0.247. The van der Waals surface area contributed by atoms with Gasteiger partial charge in [0, 0.05) is 30.8 Å². The van der Waals surface area contributed by atoms with Crippen molar-refractivity contribution < 1.29 is 4.79 Å². The molecule has 3 rings (SSSR count). The summed E-state index contributed by atoms with van der Waals surface area (Å²) in [5.74, 6) is 0.145. The third kappa shape index (κ3) is 4.38. The van der Waals surface area contributed by atoms with Crippen molar-refractivity contribution >= 4 is 17.5 Å². The maximum absolute atomic E-state index is 12.3. The molecule has 0 aliphatic rings. The molecule has 1 aromatic carbocycles. The van der Waals surface area contributed by atoms with E-state index in [2.05, 4.69) is 31.7 Å². The molecule has 2 heterocycles. The summed E-state index contributed by atoms with van der Waals surface area (Å²) < 4.78 is 0. The molecule has 0 saturated heterocycles. The van der Waals surface area contributed by atoms with Crippen molar-refractivity contribution in [1.82, 2.24) is 20.3 Å². The zero-order valence-electron chi connectivity index (χ0n) is 14.2. The van der Waals surface area contributed by atoms with Gasteiger partial charge in [0.25, 0.3) is 5.91 Å². The molecule has 0 fully saturated rings. The molecule has 0 bridgehead atoms. The number of nitrogens with zero attached hydrogens (tertiary/aromatic N) is 3. The zero-order chi connectivity index (χ0) is 17.6. The van der Waals surface area contributed by atoms with Gasteiger partial charge in [0.15, 0.2) is 0 Å². The van der Waals surface area contributed by atoms with Gasteiger partial charge < -0.3 is 10.6 Å². The Hall–Kier alpha value is -3.28. The normalized spacial score (nSPS) is 10.3. The van der Waals surface area contributed by atoms with Gasteiger partial charge in [0.2, 0.25) is 5.95 Å². The van der Waals surface area contributed by atoms with E-state index in [9.17, 15) is 4.79 Å². The van der Waals surface area contributed by atoms with E-state index in [4.69, 9.17) is 0 Å². The van der Waals surface area contributed by atoms with Gasteiger partial charge in [-0.1, -0.05) is 17.7 Å². The van der Waals surface area contributed by atoms with Crippen molar-refractivity contribution in [2.24, 2.45) is 0 Å². The first-order valence-electron chi connectivity index (χ1n) is 7.96. The highest BCUT2D eigenvalue weighted by molar-refractivity contribution is 5.92. The number of carbonyl (C=O) groups excluding carboxylic acids is 1. The second-order valence-electron chi connectivity index (χ2n) is 5.75. The summed E-state index contributed by atoms with van der Waals surface area (Å²) in [5, 5.41) is 6.00. The summed E-state index contributed by atoms with van der Waals surface area (Å²) in [5.41, 5.74) is 4.49. The van der Waals surface area contributed by atoms with Crippen LogP contribution in [-0.2, 0) is 6.54 Å². The fourth-order valence-corrected chi connectivity index (χ4v) is 2.39. The van der Waals surface area contributed by atoms with E-state index in [1.807, 2.05) is 38.1 Å². The smallest absolute Gasteiger partial charge is 0.270 e. The van der Waals surface area contributed by atoms with Crippen molar-refractivity contribution in [2.75, 3.05) is 5.32 Å². The number of pyridine rings is 1. The summed E-state index contributed by atoms with van der Waals surface area (Å²) >= 11 is 0. The Bertz CT molecular complexity index is 880. The fourth-order valence-electron chi connectivity index (χ4n) is 2.39. The van der Waals surface area contributed by atoms with E-state index in [-0.39, 0.29) is 5.91 Å². The predicted molar refractivity (Wildman–Crippen MR) is 96.6 cm³/mol. The van der Waals surface area contributed by atoms with E-state index in [1.165, 1.54) is 5.56 Å². The Morgan fingerprint density at radius 3 is 2.60 bits per heavy atom. The van der Waals surface area contributed by atoms with Crippen molar-refractivity contribution in [3.05, 3.63) is 77.4 Å². The quantitative estimate of drug-likeness (QED) is 0.750. The Morgan fingerprint density at radius 1 is 1.04 bits per heavy atom. The van der Waals surface area contributed by atoms with Crippen LogP contribution in [0.3, 0.4) is 0 Å². The summed E-state index contributed by atoms with van der Waals surface area (Å²) in [6.07, 6.45) is 4.95. The van der Waals surface area contributed by atoms with Crippen LogP contribution in [0, 0.1) is 13.8 Å². The van der Waals surface area contributed by atoms with Gasteiger partial charge in [-0.05, 0) is 49.2 Å². The number of benzene rings is 1. The Labute approximate surface area is 146 Å². The Kier molecular flexibility index (Phi) is 4.99. The van der Waals surface area contributed by atoms with Gasteiger partial charge in [-0.2, -0.15) is 0 Å². The molecule has 3 aromatic rings. The Balaban J connectivity index is 1.69. The van der Waals surface area contributed by atoms with E-state index in [0.29, 0.717) is 18.2 Å². The SMILES string of the molecule is Cc1ccc(Nc2nccc(C(=O)NCc3ccncc3)n2)c(C)c1. The second kappa shape index (κ2) is 7.53. The average molecular weight is 333 g/mol. The molecule has 0 atom stereocenters. The molecule has 6 nitrogen and oxygen atoms in total. The molecule has 0 aliphatic heterocycles. The van der Waals surface area contributed by atoms with Gasteiger partial charge >= 0.3 is 0 Å². The molecular weight excluding hydrogens is 314 g/mol. The molecule has 0 radical (unpaired) electrons. The standard InChI is InChI=1S/C19H19N5O/c1-13-3-4-16(14(2)11-13)23-19-21-10-7-17(24-19)18(25)22-12-15-5-8-20-9-6-15/h3-11H,12H2,1-2H3,(H,22,25)(H,21,23,24). The van der Waals surface area contributed by atoms with Crippen LogP contribution >= 0.6 is 0 Å². The van der Waals surface area contributed by atoms with E-state index in [0.717, 1.165) is 16.8 Å². The lowest BCUT2D eigenvalue weighted by molar-refractivity contribution is 0.0946. The van der Waals surface area contributed by atoms with Crippen LogP contribution in [0.4, 0.5) is 11.6 Å². The maximum atomic E-state index is 12.3. The fraction of sp³-hybridized carbons (Fsp3) is 0.158. The molecule has 1 amide bonds. The van der Waals surface area contributed by atoms with Crippen molar-refractivity contribution in [3.63, 3.8) is 0 Å². The van der Waals surface area contributed by atoms with E-state index < -0.39 is 0 Å². The van der Waals surface area contributed by atoms with Crippen molar-refractivity contribution in [1.29, 1.82) is 0 Å². The lowest BCUT2D eigenvalue weighted by Crippen LogP contribution is -2.24. The minimum Gasteiger partial charge on any atom is -0.347 e. The van der Waals surface area contributed by atoms with E-state index >= 15 is 0 Å². The molecule has 25 heavy (non-hydrogen) atoms. The summed E-state index contributed by atoms with van der Waals surface area (Å²) in [6.45, 7) is 4.48. The second-order valence-corrected chi connectivity index (χ2v) is 5.75. The van der Waals surface area contributed by atoms with Crippen LogP contribution in [0.15, 0.2) is 55.0 Å². The summed E-state index contributed by atoms with van der Waals surface area (Å²) in [4.78, 5) is 24.7. The first-order valence-corrected chi connectivity index (χ1v) is 7.96. The molecule has 0 spiro atoms. The topological polar surface area (TPSA) is 79.8 Å². The predicted octanol–water partition coefficient (Wildman–Crippen LogP) is 3.16. The van der Waals surface area contributed by atoms with Crippen LogP contribution in [-0.4, -0.2) is 20.9 Å². The number of aryl methyl sites for hydroxylation is 2. The average Bonchev–Trinajstić information content (AvgIpc) is 2.63.